The van der Waals surface area contributed by atoms with Crippen molar-refractivity contribution in [3.8, 4) is 11.3 Å². The molecule has 0 radical (unpaired) electrons. The fourth-order valence-corrected chi connectivity index (χ4v) is 5.21. The summed E-state index contributed by atoms with van der Waals surface area (Å²) in [5.74, 6) is 1.11. The van der Waals surface area contributed by atoms with Gasteiger partial charge in [-0.15, -0.1) is 5.10 Å². The van der Waals surface area contributed by atoms with Crippen molar-refractivity contribution in [2.75, 3.05) is 31.9 Å². The van der Waals surface area contributed by atoms with Gasteiger partial charge in [0.05, 0.1) is 18.7 Å². The van der Waals surface area contributed by atoms with Crippen LogP contribution in [-0.4, -0.2) is 62.9 Å². The minimum Gasteiger partial charge on any atom is -0.399 e. The first kappa shape index (κ1) is 17.7. The monoisotopic (exact) mass is 380 g/mol. The number of carbonyl (C=O) groups is 1. The van der Waals surface area contributed by atoms with Crippen LogP contribution in [0.15, 0.2) is 30.5 Å². The lowest BCUT2D eigenvalue weighted by Gasteiger charge is -2.49. The normalized spacial score (nSPS) is 29.4. The number of nitrogens with two attached hydrogens (primary N) is 1. The summed E-state index contributed by atoms with van der Waals surface area (Å²) in [7, 11) is 0. The number of carbonyl (C=O) groups excluding carboxylic acids is 1. The Balaban J connectivity index is 1.25. The summed E-state index contributed by atoms with van der Waals surface area (Å²) < 4.78 is 1.95. The third-order valence-electron chi connectivity index (χ3n) is 6.73. The zero-order valence-corrected chi connectivity index (χ0v) is 16.2. The molecule has 0 aliphatic carbocycles. The maximum absolute atomic E-state index is 12.9. The fraction of sp³-hybridized carbons (Fsp3) is 0.571. The number of nitrogens with zero attached hydrogens (tertiary/aromatic N) is 5. The van der Waals surface area contributed by atoms with E-state index in [9.17, 15) is 4.79 Å². The molecule has 0 saturated carbocycles. The van der Waals surface area contributed by atoms with Crippen LogP contribution in [0, 0.1) is 11.8 Å². The standard InChI is InChI=1S/C21H28N6O/c22-17-5-3-4-16(10-17)20-14-27(24-23-20)12-18-11-15-6-9-26(18)13-19(15)21(28)25-7-1-2-8-25/h3-5,10,14-15,18-19H,1-2,6-9,11-13,22H2/t15?,18-,19+/m1/s1. The molecular formula is C21H28N6O. The number of aromatic nitrogens is 3. The van der Waals surface area contributed by atoms with E-state index in [0.29, 0.717) is 17.9 Å². The van der Waals surface area contributed by atoms with Crippen molar-refractivity contribution >= 4 is 11.6 Å². The van der Waals surface area contributed by atoms with Gasteiger partial charge in [0.1, 0.15) is 5.69 Å². The van der Waals surface area contributed by atoms with Gasteiger partial charge in [0.15, 0.2) is 0 Å². The number of piperidine rings is 3. The molecule has 1 amide bonds. The third-order valence-corrected chi connectivity index (χ3v) is 6.73. The van der Waals surface area contributed by atoms with Gasteiger partial charge in [-0.25, -0.2) is 0 Å². The SMILES string of the molecule is Nc1cccc(-c2cn(C[C@H]3CC4CCN3C[C@@H]4C(=O)N3CCCC3)nn2)c1. The minimum absolute atomic E-state index is 0.196. The summed E-state index contributed by atoms with van der Waals surface area (Å²) in [6.07, 6.45) is 6.56. The van der Waals surface area contributed by atoms with Gasteiger partial charge in [0.25, 0.3) is 0 Å². The number of hydrogen-bond donors (Lipinski definition) is 1. The molecule has 1 aromatic carbocycles. The molecule has 2 unspecified atom stereocenters. The number of amides is 1. The zero-order valence-electron chi connectivity index (χ0n) is 16.2. The zero-order chi connectivity index (χ0) is 19.1. The second kappa shape index (κ2) is 7.20. The number of benzene rings is 1. The Hall–Kier alpha value is -2.41. The lowest BCUT2D eigenvalue weighted by atomic mass is 9.75. The van der Waals surface area contributed by atoms with E-state index in [4.69, 9.17) is 5.73 Å². The van der Waals surface area contributed by atoms with Crippen LogP contribution >= 0.6 is 0 Å². The van der Waals surface area contributed by atoms with Crippen LogP contribution in [-0.2, 0) is 11.3 Å². The smallest absolute Gasteiger partial charge is 0.227 e. The Labute approximate surface area is 165 Å². The predicted molar refractivity (Wildman–Crippen MR) is 107 cm³/mol. The molecule has 2 bridgehead atoms. The molecule has 28 heavy (non-hydrogen) atoms. The third kappa shape index (κ3) is 3.28. The molecule has 2 N–H and O–H groups in total. The molecule has 4 aliphatic rings. The van der Waals surface area contributed by atoms with Gasteiger partial charge in [-0.1, -0.05) is 17.3 Å². The Morgan fingerprint density at radius 3 is 2.82 bits per heavy atom. The van der Waals surface area contributed by atoms with E-state index in [1.165, 1.54) is 0 Å². The largest absolute Gasteiger partial charge is 0.399 e. The lowest BCUT2D eigenvalue weighted by Crippen LogP contribution is -2.58. The molecule has 5 heterocycles. The summed E-state index contributed by atoms with van der Waals surface area (Å²) in [6.45, 7) is 4.74. The highest BCUT2D eigenvalue weighted by Crippen LogP contribution is 2.38. The summed E-state index contributed by atoms with van der Waals surface area (Å²) in [6, 6.07) is 8.18. The molecule has 6 rings (SSSR count). The molecular weight excluding hydrogens is 352 g/mol. The summed E-state index contributed by atoms with van der Waals surface area (Å²) in [5, 5.41) is 8.67. The Kier molecular flexibility index (Phi) is 4.55. The average molecular weight is 380 g/mol. The molecule has 148 valence electrons. The number of nitrogen functional groups attached to an aromatic ring is 1. The van der Waals surface area contributed by atoms with Gasteiger partial charge in [0, 0.05) is 36.9 Å². The molecule has 7 nitrogen and oxygen atoms in total. The van der Waals surface area contributed by atoms with Crippen LogP contribution in [0.25, 0.3) is 11.3 Å². The fourth-order valence-electron chi connectivity index (χ4n) is 5.21. The van der Waals surface area contributed by atoms with Crippen LogP contribution < -0.4 is 5.73 Å². The predicted octanol–water partition coefficient (Wildman–Crippen LogP) is 1.86. The highest BCUT2D eigenvalue weighted by molar-refractivity contribution is 5.80. The number of rotatable bonds is 4. The van der Waals surface area contributed by atoms with Crippen LogP contribution in [0.3, 0.4) is 0 Å². The van der Waals surface area contributed by atoms with E-state index in [2.05, 4.69) is 20.1 Å². The van der Waals surface area contributed by atoms with Crippen LogP contribution in [0.2, 0.25) is 0 Å². The quantitative estimate of drug-likeness (QED) is 0.819. The Bertz CT molecular complexity index is 858. The van der Waals surface area contributed by atoms with Crippen LogP contribution in [0.4, 0.5) is 5.69 Å². The van der Waals surface area contributed by atoms with Crippen molar-refractivity contribution < 1.29 is 4.79 Å². The van der Waals surface area contributed by atoms with Crippen molar-refractivity contribution in [2.24, 2.45) is 11.8 Å². The van der Waals surface area contributed by atoms with Gasteiger partial charge in [-0.2, -0.15) is 0 Å². The Morgan fingerprint density at radius 2 is 2.07 bits per heavy atom. The first-order valence-corrected chi connectivity index (χ1v) is 10.5. The second-order valence-electron chi connectivity index (χ2n) is 8.52. The first-order chi connectivity index (χ1) is 13.7. The topological polar surface area (TPSA) is 80.3 Å². The number of fused-ring (bicyclic) bond motifs is 3. The Morgan fingerprint density at radius 1 is 1.21 bits per heavy atom. The van der Waals surface area contributed by atoms with Gasteiger partial charge in [-0.3, -0.25) is 14.4 Å². The minimum atomic E-state index is 0.196. The molecule has 1 aromatic heterocycles. The number of likely N-dealkylation sites (tertiary alicyclic amines) is 1. The van der Waals surface area contributed by atoms with E-state index in [1.54, 1.807) is 0 Å². The van der Waals surface area contributed by atoms with Crippen LogP contribution in [0.5, 0.6) is 0 Å². The molecule has 4 saturated heterocycles. The van der Waals surface area contributed by atoms with Gasteiger partial charge in [-0.05, 0) is 50.3 Å². The lowest BCUT2D eigenvalue weighted by molar-refractivity contribution is -0.142. The van der Waals surface area contributed by atoms with E-state index in [-0.39, 0.29) is 5.92 Å². The van der Waals surface area contributed by atoms with Crippen molar-refractivity contribution in [3.63, 3.8) is 0 Å². The molecule has 4 aliphatic heterocycles. The molecule has 2 aromatic rings. The average Bonchev–Trinajstić information content (AvgIpc) is 3.40. The van der Waals surface area contributed by atoms with E-state index in [0.717, 1.165) is 75.4 Å². The van der Waals surface area contributed by atoms with Crippen molar-refractivity contribution in [1.29, 1.82) is 0 Å². The summed E-state index contributed by atoms with van der Waals surface area (Å²) in [5.41, 5.74) is 8.46. The maximum Gasteiger partial charge on any atom is 0.227 e. The molecule has 0 spiro atoms. The first-order valence-electron chi connectivity index (χ1n) is 10.5. The molecule has 7 heteroatoms. The van der Waals surface area contributed by atoms with Crippen molar-refractivity contribution in [3.05, 3.63) is 30.5 Å². The van der Waals surface area contributed by atoms with E-state index in [1.807, 2.05) is 35.1 Å². The van der Waals surface area contributed by atoms with Gasteiger partial charge in [0.2, 0.25) is 5.91 Å². The van der Waals surface area contributed by atoms with Crippen molar-refractivity contribution in [1.82, 2.24) is 24.8 Å². The van der Waals surface area contributed by atoms with Gasteiger partial charge < -0.3 is 10.6 Å². The van der Waals surface area contributed by atoms with Crippen molar-refractivity contribution in [2.45, 2.75) is 38.3 Å². The highest BCUT2D eigenvalue weighted by atomic mass is 16.2. The molecule has 4 fully saturated rings. The molecule has 4 atom stereocenters. The summed E-state index contributed by atoms with van der Waals surface area (Å²) in [4.78, 5) is 17.5. The number of anilines is 1. The number of hydrogen-bond acceptors (Lipinski definition) is 5. The summed E-state index contributed by atoms with van der Waals surface area (Å²) >= 11 is 0. The highest BCUT2D eigenvalue weighted by Gasteiger charge is 2.44. The second-order valence-corrected chi connectivity index (χ2v) is 8.52. The van der Waals surface area contributed by atoms with E-state index >= 15 is 0 Å². The van der Waals surface area contributed by atoms with E-state index < -0.39 is 0 Å². The van der Waals surface area contributed by atoms with Crippen LogP contribution in [0.1, 0.15) is 25.7 Å². The van der Waals surface area contributed by atoms with Gasteiger partial charge >= 0.3 is 0 Å². The maximum atomic E-state index is 12.9.